The average Bonchev–Trinajstić information content (AvgIpc) is 3.47. The summed E-state index contributed by atoms with van der Waals surface area (Å²) in [7, 11) is -3.84. The molecule has 0 aromatic carbocycles. The van der Waals surface area contributed by atoms with Crippen molar-refractivity contribution in [3.05, 3.63) is 54.3 Å². The van der Waals surface area contributed by atoms with Crippen LogP contribution in [0.4, 0.5) is 5.69 Å². The molecule has 172 valence electrons. The van der Waals surface area contributed by atoms with Crippen LogP contribution in [-0.2, 0) is 10.0 Å². The molecule has 34 heavy (non-hydrogen) atoms. The van der Waals surface area contributed by atoms with Crippen molar-refractivity contribution >= 4 is 32.5 Å². The van der Waals surface area contributed by atoms with Gasteiger partial charge in [0, 0.05) is 43.0 Å². The molecule has 4 heterocycles. The topological polar surface area (TPSA) is 167 Å². The maximum absolute atomic E-state index is 12.6. The molecule has 4 aromatic heterocycles. The zero-order chi connectivity index (χ0) is 23.9. The van der Waals surface area contributed by atoms with Gasteiger partial charge in [-0.1, -0.05) is 0 Å². The summed E-state index contributed by atoms with van der Waals surface area (Å²) >= 11 is 0. The van der Waals surface area contributed by atoms with Crippen molar-refractivity contribution in [1.82, 2.24) is 24.7 Å². The lowest BCUT2D eigenvalue weighted by atomic mass is 9.87. The van der Waals surface area contributed by atoms with Crippen molar-refractivity contribution in [2.45, 2.75) is 36.9 Å². The summed E-state index contributed by atoms with van der Waals surface area (Å²) in [5.74, 6) is 0.193. The van der Waals surface area contributed by atoms with E-state index >= 15 is 0 Å². The maximum atomic E-state index is 12.6. The molecule has 0 unspecified atom stereocenters. The lowest BCUT2D eigenvalue weighted by Crippen LogP contribution is -2.49. The Balaban J connectivity index is 1.33. The third-order valence-corrected chi connectivity index (χ3v) is 7.03. The smallest absolute Gasteiger partial charge is 0.258 e. The molecule has 0 atom stereocenters. The zero-order valence-electron chi connectivity index (χ0n) is 17.9. The van der Waals surface area contributed by atoms with E-state index in [2.05, 4.69) is 30.0 Å². The Labute approximate surface area is 194 Å². The Kier molecular flexibility index (Phi) is 5.35. The highest BCUT2D eigenvalue weighted by atomic mass is 32.2. The van der Waals surface area contributed by atoms with Gasteiger partial charge in [0.05, 0.1) is 29.1 Å². The van der Waals surface area contributed by atoms with Gasteiger partial charge < -0.3 is 14.7 Å². The fourth-order valence-electron chi connectivity index (χ4n) is 3.83. The minimum absolute atomic E-state index is 0.0207. The Morgan fingerprint density at radius 2 is 2.03 bits per heavy atom. The molecule has 0 amide bonds. The van der Waals surface area contributed by atoms with Crippen LogP contribution in [0.25, 0.3) is 22.5 Å². The fraction of sp³-hybridized carbons (Fsp3) is 0.227. The molecule has 3 N–H and O–H groups in total. The molecule has 0 spiro atoms. The van der Waals surface area contributed by atoms with Crippen molar-refractivity contribution in [3.8, 4) is 17.5 Å². The normalized spacial score (nSPS) is 17.8. The van der Waals surface area contributed by atoms with E-state index in [-0.39, 0.29) is 40.1 Å². The summed E-state index contributed by atoms with van der Waals surface area (Å²) in [6, 6.07) is 6.17. The number of rotatable bonds is 7. The van der Waals surface area contributed by atoms with Crippen LogP contribution in [0.2, 0.25) is 0 Å². The first-order valence-electron chi connectivity index (χ1n) is 10.4. The van der Waals surface area contributed by atoms with E-state index in [1.807, 2.05) is 12.1 Å². The van der Waals surface area contributed by atoms with Gasteiger partial charge in [-0.25, -0.2) is 28.1 Å². The third-order valence-electron chi connectivity index (χ3n) is 5.62. The van der Waals surface area contributed by atoms with Crippen LogP contribution in [0.1, 0.15) is 35.9 Å². The summed E-state index contributed by atoms with van der Waals surface area (Å²) in [5.41, 5.74) is 2.23. The van der Waals surface area contributed by atoms with Gasteiger partial charge in [-0.3, -0.25) is 4.79 Å². The van der Waals surface area contributed by atoms with Crippen LogP contribution in [-0.4, -0.2) is 46.2 Å². The molecule has 0 radical (unpaired) electrons. The lowest BCUT2D eigenvalue weighted by Gasteiger charge is -2.37. The number of Topliss-reactive ketones (excluding diaryl/α,β-unsaturated/α-hetero) is 1. The molecule has 0 bridgehead atoms. The van der Waals surface area contributed by atoms with Gasteiger partial charge in [-0.15, -0.1) is 0 Å². The SMILES string of the molecule is CC(=O)c1cnc(-c2cnc3[nH]ccc3c2NC2CC(NS(=O)(=O)c3cc(C#N)ccn3)C2)o1. The number of nitrogens with one attached hydrogen (secondary N) is 3. The largest absolute Gasteiger partial charge is 0.433 e. The molecule has 1 saturated carbocycles. The predicted molar refractivity (Wildman–Crippen MR) is 121 cm³/mol. The van der Waals surface area contributed by atoms with E-state index in [0.29, 0.717) is 24.1 Å². The minimum atomic E-state index is -3.84. The number of fused-ring (bicyclic) bond motifs is 1. The molecule has 12 heteroatoms. The Morgan fingerprint density at radius 1 is 1.21 bits per heavy atom. The summed E-state index contributed by atoms with van der Waals surface area (Å²) in [6.07, 6.45) is 7.13. The Hall–Kier alpha value is -4.08. The number of ketones is 1. The molecule has 1 aliphatic carbocycles. The molecule has 11 nitrogen and oxygen atoms in total. The number of carbonyl (C=O) groups is 1. The standard InChI is InChI=1S/C22H19N7O4S/c1-12(30)18-11-27-22(33-18)17-10-26-21-16(3-5-25-21)20(17)28-14-7-15(8-14)29-34(31,32)19-6-13(9-23)2-4-24-19/h2-6,10-11,14-15,29H,7-8H2,1H3,(H2,25,26,28). The molecular weight excluding hydrogens is 458 g/mol. The number of pyridine rings is 2. The number of sulfonamides is 1. The molecule has 1 fully saturated rings. The number of hydrogen-bond acceptors (Lipinski definition) is 9. The van der Waals surface area contributed by atoms with Crippen molar-refractivity contribution in [1.29, 1.82) is 5.26 Å². The Morgan fingerprint density at radius 3 is 2.76 bits per heavy atom. The van der Waals surface area contributed by atoms with E-state index in [9.17, 15) is 13.2 Å². The van der Waals surface area contributed by atoms with E-state index in [4.69, 9.17) is 9.68 Å². The van der Waals surface area contributed by atoms with Gasteiger partial charge in [0.1, 0.15) is 5.65 Å². The molecule has 4 aromatic rings. The number of oxazole rings is 1. The second kappa shape index (κ2) is 8.36. The van der Waals surface area contributed by atoms with E-state index < -0.39 is 10.0 Å². The minimum Gasteiger partial charge on any atom is -0.433 e. The van der Waals surface area contributed by atoms with Crippen LogP contribution in [0.3, 0.4) is 0 Å². The number of nitrogens with zero attached hydrogens (tertiary/aromatic N) is 4. The maximum Gasteiger partial charge on any atom is 0.258 e. The fourth-order valence-corrected chi connectivity index (χ4v) is 5.06. The van der Waals surface area contributed by atoms with E-state index in [0.717, 1.165) is 11.1 Å². The first-order chi connectivity index (χ1) is 16.3. The van der Waals surface area contributed by atoms with Gasteiger partial charge in [-0.2, -0.15) is 5.26 Å². The van der Waals surface area contributed by atoms with Crippen molar-refractivity contribution in [2.75, 3.05) is 5.32 Å². The number of nitriles is 1. The van der Waals surface area contributed by atoms with Gasteiger partial charge in [0.2, 0.25) is 5.89 Å². The van der Waals surface area contributed by atoms with Gasteiger partial charge in [0.25, 0.3) is 10.0 Å². The number of carbonyl (C=O) groups excluding carboxylic acids is 1. The van der Waals surface area contributed by atoms with Crippen LogP contribution in [0, 0.1) is 11.3 Å². The second-order valence-electron chi connectivity index (χ2n) is 8.00. The average molecular weight is 478 g/mol. The van der Waals surface area contributed by atoms with E-state index in [1.54, 1.807) is 12.4 Å². The number of aromatic nitrogens is 4. The summed E-state index contributed by atoms with van der Waals surface area (Å²) in [6.45, 7) is 1.40. The highest BCUT2D eigenvalue weighted by molar-refractivity contribution is 7.89. The number of H-pyrrole nitrogens is 1. The van der Waals surface area contributed by atoms with Crippen molar-refractivity contribution in [3.63, 3.8) is 0 Å². The zero-order valence-corrected chi connectivity index (χ0v) is 18.8. The van der Waals surface area contributed by atoms with Gasteiger partial charge in [-0.05, 0) is 31.0 Å². The number of anilines is 1. The van der Waals surface area contributed by atoms with Gasteiger partial charge in [0.15, 0.2) is 16.6 Å². The molecular formula is C22H19N7O4S. The van der Waals surface area contributed by atoms with Crippen LogP contribution in [0.15, 0.2) is 52.4 Å². The highest BCUT2D eigenvalue weighted by Gasteiger charge is 2.34. The first kappa shape index (κ1) is 21.7. The quantitative estimate of drug-likeness (QED) is 0.339. The molecule has 0 saturated heterocycles. The predicted octanol–water partition coefficient (Wildman–Crippen LogP) is 2.61. The molecule has 0 aliphatic heterocycles. The molecule has 5 rings (SSSR count). The Bertz CT molecular complexity index is 1540. The number of aromatic amines is 1. The monoisotopic (exact) mass is 477 g/mol. The summed E-state index contributed by atoms with van der Waals surface area (Å²) in [5, 5.41) is 13.1. The summed E-state index contributed by atoms with van der Waals surface area (Å²) in [4.78, 5) is 27.2. The van der Waals surface area contributed by atoms with Crippen LogP contribution < -0.4 is 10.0 Å². The van der Waals surface area contributed by atoms with Crippen LogP contribution in [0.5, 0.6) is 0 Å². The highest BCUT2D eigenvalue weighted by Crippen LogP contribution is 2.36. The lowest BCUT2D eigenvalue weighted by molar-refractivity contribution is 0.0988. The first-order valence-corrected chi connectivity index (χ1v) is 11.9. The van der Waals surface area contributed by atoms with Gasteiger partial charge >= 0.3 is 0 Å². The van der Waals surface area contributed by atoms with Crippen molar-refractivity contribution < 1.29 is 17.6 Å². The van der Waals surface area contributed by atoms with E-state index in [1.165, 1.54) is 31.5 Å². The summed E-state index contributed by atoms with van der Waals surface area (Å²) < 4.78 is 33.5. The molecule has 1 aliphatic rings. The number of hydrogen-bond donors (Lipinski definition) is 3. The third kappa shape index (κ3) is 4.02. The second-order valence-corrected chi connectivity index (χ2v) is 9.66. The van der Waals surface area contributed by atoms with Crippen molar-refractivity contribution in [2.24, 2.45) is 0 Å². The van der Waals surface area contributed by atoms with Crippen LogP contribution >= 0.6 is 0 Å².